The average Bonchev–Trinajstić information content (AvgIpc) is 2.40. The van der Waals surface area contributed by atoms with E-state index in [0.717, 1.165) is 35.8 Å². The molecule has 1 aliphatic carbocycles. The Morgan fingerprint density at radius 1 is 1.39 bits per heavy atom. The number of benzene rings is 1. The number of aldehydes is 1. The first kappa shape index (κ1) is 13.3. The second kappa shape index (κ2) is 5.25. The Bertz CT molecular complexity index is 476. The van der Waals surface area contributed by atoms with Gasteiger partial charge in [0.05, 0.1) is 0 Å². The van der Waals surface area contributed by atoms with E-state index < -0.39 is 0 Å². The molecule has 2 rings (SSSR count). The Balaban J connectivity index is 2.36. The van der Waals surface area contributed by atoms with E-state index in [4.69, 9.17) is 11.6 Å². The molecule has 1 aromatic carbocycles. The highest BCUT2D eigenvalue weighted by Gasteiger charge is 2.30. The molecule has 0 amide bonds. The molecule has 2 nitrogen and oxygen atoms in total. The zero-order valence-electron chi connectivity index (χ0n) is 10.4. The predicted molar refractivity (Wildman–Crippen MR) is 73.5 cm³/mol. The second-order valence-corrected chi connectivity index (χ2v) is 5.71. The molecule has 0 saturated carbocycles. The molecule has 0 saturated heterocycles. The second-order valence-electron chi connectivity index (χ2n) is 5.27. The van der Waals surface area contributed by atoms with Crippen molar-refractivity contribution in [2.24, 2.45) is 5.41 Å². The third-order valence-corrected chi connectivity index (χ3v) is 3.95. The van der Waals surface area contributed by atoms with Crippen molar-refractivity contribution in [3.8, 4) is 0 Å². The van der Waals surface area contributed by atoms with Crippen LogP contribution < -0.4 is 0 Å². The number of carbonyl (C=O) groups is 1. The molecule has 3 heteroatoms. The van der Waals surface area contributed by atoms with Crippen LogP contribution in [0.3, 0.4) is 0 Å². The van der Waals surface area contributed by atoms with Gasteiger partial charge in [-0.3, -0.25) is 4.79 Å². The Morgan fingerprint density at radius 3 is 2.61 bits per heavy atom. The van der Waals surface area contributed by atoms with Gasteiger partial charge < -0.3 is 5.11 Å². The fraction of sp³-hybridized carbons (Fsp3) is 0.400. The van der Waals surface area contributed by atoms with E-state index in [-0.39, 0.29) is 12.0 Å². The van der Waals surface area contributed by atoms with Gasteiger partial charge in [-0.2, -0.15) is 0 Å². The highest BCUT2D eigenvalue weighted by molar-refractivity contribution is 6.30. The Morgan fingerprint density at radius 2 is 2.06 bits per heavy atom. The number of carbonyl (C=O) groups excluding carboxylic acids is 1. The Hall–Kier alpha value is -1.12. The largest absolute Gasteiger partial charge is 0.396 e. The third kappa shape index (κ3) is 2.65. The number of aliphatic hydroxyl groups excluding tert-OH is 1. The molecule has 0 radical (unpaired) electrons. The van der Waals surface area contributed by atoms with Gasteiger partial charge in [-0.1, -0.05) is 30.7 Å². The molecule has 0 aliphatic heterocycles. The van der Waals surface area contributed by atoms with E-state index in [9.17, 15) is 9.90 Å². The Kier molecular flexibility index (Phi) is 3.88. The number of aliphatic hydroxyl groups is 1. The van der Waals surface area contributed by atoms with E-state index in [1.165, 1.54) is 0 Å². The number of rotatable bonds is 3. The lowest BCUT2D eigenvalue weighted by molar-refractivity contribution is -0.105. The lowest BCUT2D eigenvalue weighted by atomic mass is 9.72. The van der Waals surface area contributed by atoms with Crippen molar-refractivity contribution in [2.75, 3.05) is 6.61 Å². The van der Waals surface area contributed by atoms with Gasteiger partial charge in [0.1, 0.15) is 6.29 Å². The number of halogens is 1. The van der Waals surface area contributed by atoms with E-state index >= 15 is 0 Å². The number of hydrogen-bond donors (Lipinski definition) is 1. The molecular weight excluding hydrogens is 248 g/mol. The lowest BCUT2D eigenvalue weighted by Gasteiger charge is -2.33. The summed E-state index contributed by atoms with van der Waals surface area (Å²) in [6.07, 6.45) is 3.30. The maximum absolute atomic E-state index is 11.2. The molecular formula is C15H17ClO2. The van der Waals surface area contributed by atoms with Gasteiger partial charge >= 0.3 is 0 Å². The predicted octanol–water partition coefficient (Wildman–Crippen LogP) is 3.48. The van der Waals surface area contributed by atoms with Crippen molar-refractivity contribution in [1.82, 2.24) is 0 Å². The zero-order valence-corrected chi connectivity index (χ0v) is 11.2. The van der Waals surface area contributed by atoms with Crippen LogP contribution in [0.15, 0.2) is 29.8 Å². The first-order valence-electron chi connectivity index (χ1n) is 6.12. The SMILES string of the molecule is CC1(CO)CCC(c2ccc(Cl)cc2)=C(C=O)C1. The standard InChI is InChI=1S/C15H17ClO2/c1-15(10-18)7-6-14(12(8-15)9-17)11-2-4-13(16)5-3-11/h2-5,9,18H,6-8,10H2,1H3. The molecule has 0 heterocycles. The van der Waals surface area contributed by atoms with Gasteiger partial charge in [-0.05, 0) is 53.5 Å². The maximum atomic E-state index is 11.2. The van der Waals surface area contributed by atoms with Crippen molar-refractivity contribution in [3.63, 3.8) is 0 Å². The summed E-state index contributed by atoms with van der Waals surface area (Å²) in [5.41, 5.74) is 2.79. The summed E-state index contributed by atoms with van der Waals surface area (Å²) in [6, 6.07) is 7.57. The van der Waals surface area contributed by atoms with Crippen LogP contribution in [0, 0.1) is 5.41 Å². The summed E-state index contributed by atoms with van der Waals surface area (Å²) < 4.78 is 0. The minimum Gasteiger partial charge on any atom is -0.396 e. The van der Waals surface area contributed by atoms with Gasteiger partial charge in [0, 0.05) is 11.6 Å². The van der Waals surface area contributed by atoms with Gasteiger partial charge in [0.15, 0.2) is 0 Å². The molecule has 18 heavy (non-hydrogen) atoms. The van der Waals surface area contributed by atoms with Crippen LogP contribution in [0.5, 0.6) is 0 Å². The van der Waals surface area contributed by atoms with E-state index in [1.54, 1.807) is 0 Å². The van der Waals surface area contributed by atoms with Crippen LogP contribution in [0.4, 0.5) is 0 Å². The molecule has 0 bridgehead atoms. The van der Waals surface area contributed by atoms with Crippen molar-refractivity contribution in [3.05, 3.63) is 40.4 Å². The third-order valence-electron chi connectivity index (χ3n) is 3.70. The van der Waals surface area contributed by atoms with Crippen LogP contribution in [0.2, 0.25) is 5.02 Å². The van der Waals surface area contributed by atoms with Crippen LogP contribution in [0.25, 0.3) is 5.57 Å². The van der Waals surface area contributed by atoms with Gasteiger partial charge in [-0.15, -0.1) is 0 Å². The highest BCUT2D eigenvalue weighted by atomic mass is 35.5. The fourth-order valence-corrected chi connectivity index (χ4v) is 2.60. The van der Waals surface area contributed by atoms with Gasteiger partial charge in [-0.25, -0.2) is 0 Å². The summed E-state index contributed by atoms with van der Waals surface area (Å²) in [4.78, 5) is 11.2. The quantitative estimate of drug-likeness (QED) is 0.849. The Labute approximate surface area is 112 Å². The minimum absolute atomic E-state index is 0.123. The molecule has 1 N–H and O–H groups in total. The van der Waals surface area contributed by atoms with Crippen LogP contribution in [-0.2, 0) is 4.79 Å². The molecule has 1 unspecified atom stereocenters. The molecule has 1 aliphatic rings. The van der Waals surface area contributed by atoms with Crippen LogP contribution >= 0.6 is 11.6 Å². The van der Waals surface area contributed by atoms with Gasteiger partial charge in [0.25, 0.3) is 0 Å². The highest BCUT2D eigenvalue weighted by Crippen LogP contribution is 2.41. The monoisotopic (exact) mass is 264 g/mol. The summed E-state index contributed by atoms with van der Waals surface area (Å²) in [5, 5.41) is 10.1. The molecule has 0 fully saturated rings. The summed E-state index contributed by atoms with van der Waals surface area (Å²) >= 11 is 5.87. The minimum atomic E-state index is -0.161. The van der Waals surface area contributed by atoms with E-state index in [1.807, 2.05) is 31.2 Å². The summed E-state index contributed by atoms with van der Waals surface area (Å²) in [6.45, 7) is 2.15. The zero-order chi connectivity index (χ0) is 13.2. The van der Waals surface area contributed by atoms with Crippen molar-refractivity contribution >= 4 is 23.5 Å². The van der Waals surface area contributed by atoms with Crippen molar-refractivity contribution in [2.45, 2.75) is 26.2 Å². The fourth-order valence-electron chi connectivity index (χ4n) is 2.47. The number of hydrogen-bond acceptors (Lipinski definition) is 2. The molecule has 0 spiro atoms. The number of allylic oxidation sites excluding steroid dienone is 2. The van der Waals surface area contributed by atoms with Crippen molar-refractivity contribution < 1.29 is 9.90 Å². The van der Waals surface area contributed by atoms with Crippen LogP contribution in [0.1, 0.15) is 31.7 Å². The van der Waals surface area contributed by atoms with Gasteiger partial charge in [0.2, 0.25) is 0 Å². The first-order chi connectivity index (χ1) is 8.58. The van der Waals surface area contributed by atoms with E-state index in [2.05, 4.69) is 0 Å². The topological polar surface area (TPSA) is 37.3 Å². The first-order valence-corrected chi connectivity index (χ1v) is 6.50. The van der Waals surface area contributed by atoms with E-state index in [0.29, 0.717) is 11.4 Å². The normalized spacial score (nSPS) is 24.2. The molecule has 1 atom stereocenters. The maximum Gasteiger partial charge on any atom is 0.146 e. The average molecular weight is 265 g/mol. The molecule has 1 aromatic rings. The molecule has 96 valence electrons. The summed E-state index contributed by atoms with van der Waals surface area (Å²) in [7, 11) is 0. The van der Waals surface area contributed by atoms with Crippen molar-refractivity contribution in [1.29, 1.82) is 0 Å². The lowest BCUT2D eigenvalue weighted by Crippen LogP contribution is -2.26. The molecule has 0 aromatic heterocycles. The smallest absolute Gasteiger partial charge is 0.146 e. The van der Waals surface area contributed by atoms with Crippen LogP contribution in [-0.4, -0.2) is 18.0 Å². The summed E-state index contributed by atoms with van der Waals surface area (Å²) in [5.74, 6) is 0.